The summed E-state index contributed by atoms with van der Waals surface area (Å²) in [6, 6.07) is 22.2. The maximum atomic E-state index is 3.24. The molecule has 0 heterocycles. The third-order valence-corrected chi connectivity index (χ3v) is 2.53. The van der Waals surface area contributed by atoms with Crippen molar-refractivity contribution in [1.29, 1.82) is 0 Å². The van der Waals surface area contributed by atoms with Crippen molar-refractivity contribution >= 4 is 44.6 Å². The quantitative estimate of drug-likeness (QED) is 0.302. The molecule has 16 heavy (non-hydrogen) atoms. The van der Waals surface area contributed by atoms with Crippen LogP contribution in [0.1, 0.15) is 0 Å². The van der Waals surface area contributed by atoms with E-state index < -0.39 is 0 Å². The Kier molecular flexibility index (Phi) is 4.60. The average molecular weight is 237 g/mol. The van der Waals surface area contributed by atoms with Crippen LogP contribution < -0.4 is 12.4 Å². The van der Waals surface area contributed by atoms with E-state index in [1.54, 1.807) is 0 Å². The fourth-order valence-corrected chi connectivity index (χ4v) is 1.81. The predicted molar refractivity (Wildman–Crippen MR) is 66.0 cm³/mol. The minimum atomic E-state index is 0. The smallest absolute Gasteiger partial charge is 1.00 e. The third-order valence-electron chi connectivity index (χ3n) is 2.53. The second kappa shape index (κ2) is 5.53. The van der Waals surface area contributed by atoms with E-state index in [0.717, 1.165) is 0 Å². The largest absolute Gasteiger partial charge is 2.00 e. The van der Waals surface area contributed by atoms with Crippen LogP contribution in [0.15, 0.2) is 54.6 Å². The fraction of sp³-hybridized carbons (Fsp3) is 0. The topological polar surface area (TPSA) is 0 Å². The van der Waals surface area contributed by atoms with Crippen LogP contribution in [0.5, 0.6) is 0 Å². The van der Waals surface area contributed by atoms with Gasteiger partial charge in [-0.3, -0.25) is 0 Å². The number of hydrogen-bond acceptors (Lipinski definition) is 0. The molecule has 0 unspecified atom stereocenters. The van der Waals surface area contributed by atoms with E-state index in [1.807, 2.05) is 12.1 Å². The van der Waals surface area contributed by atoms with E-state index in [4.69, 9.17) is 0 Å². The van der Waals surface area contributed by atoms with E-state index in [2.05, 4.69) is 48.5 Å². The van der Waals surface area contributed by atoms with Gasteiger partial charge in [0.05, 0.1) is 0 Å². The Bertz CT molecular complexity index is 499. The van der Waals surface area contributed by atoms with Crippen LogP contribution in [0.4, 0.5) is 0 Å². The number of halogens is 1. The van der Waals surface area contributed by atoms with Crippen LogP contribution >= 0.6 is 0 Å². The molecule has 74 valence electrons. The monoisotopic (exact) mass is 236 g/mol. The van der Waals surface area contributed by atoms with Crippen molar-refractivity contribution in [2.24, 2.45) is 0 Å². The fourth-order valence-electron chi connectivity index (χ4n) is 1.81. The summed E-state index contributed by atoms with van der Waals surface area (Å²) in [5.74, 6) is 0. The van der Waals surface area contributed by atoms with Crippen LogP contribution in [-0.2, 0) is 0 Å². The zero-order valence-corrected chi connectivity index (χ0v) is 11.0. The minimum absolute atomic E-state index is 0. The zero-order valence-electron chi connectivity index (χ0n) is 8.78. The zero-order chi connectivity index (χ0) is 9.38. The summed E-state index contributed by atoms with van der Waals surface area (Å²) in [5.41, 5.74) is 0. The summed E-state index contributed by atoms with van der Waals surface area (Å²) in [7, 11) is 0. The first kappa shape index (κ1) is 13.3. The molecule has 0 saturated heterocycles. The summed E-state index contributed by atoms with van der Waals surface area (Å²) in [4.78, 5) is 0. The van der Waals surface area contributed by atoms with E-state index in [-0.39, 0.29) is 35.5 Å². The predicted octanol–water partition coefficient (Wildman–Crippen LogP) is 0.416. The van der Waals surface area contributed by atoms with Gasteiger partial charge in [0.25, 0.3) is 0 Å². The van der Waals surface area contributed by atoms with Crippen molar-refractivity contribution in [3.05, 3.63) is 60.7 Å². The normalized spacial score (nSPS) is 9.50. The Morgan fingerprint density at radius 2 is 1.38 bits per heavy atom. The second-order valence-electron chi connectivity index (χ2n) is 3.46. The van der Waals surface area contributed by atoms with Crippen LogP contribution in [0.2, 0.25) is 0 Å². The molecule has 2 heteroatoms. The molecule has 0 nitrogen and oxygen atoms in total. The van der Waals surface area contributed by atoms with E-state index in [0.29, 0.717) is 0 Å². The number of hydrogen-bond donors (Lipinski definition) is 0. The Labute approximate surface area is 117 Å². The number of rotatable bonds is 0. The molecule has 0 aliphatic carbocycles. The molecule has 0 aliphatic rings. The maximum Gasteiger partial charge on any atom is 2.00 e. The van der Waals surface area contributed by atoms with Crippen molar-refractivity contribution in [1.82, 2.24) is 0 Å². The molecule has 0 atom stereocenters. The molecule has 0 bridgehead atoms. The molecule has 0 fully saturated rings. The Hall–Kier alpha value is -0.764. The molecule has 3 aromatic carbocycles. The first-order chi connectivity index (χ1) is 6.93. The van der Waals surface area contributed by atoms with Crippen molar-refractivity contribution in [3.8, 4) is 0 Å². The summed E-state index contributed by atoms with van der Waals surface area (Å²) in [6.07, 6.45) is 0. The molecule has 0 aliphatic heterocycles. The van der Waals surface area contributed by atoms with Crippen LogP contribution in [0, 0.1) is 6.07 Å². The summed E-state index contributed by atoms with van der Waals surface area (Å²) >= 11 is 0. The first-order valence-corrected chi connectivity index (χ1v) is 4.73. The van der Waals surface area contributed by atoms with Crippen LogP contribution in [-0.4, -0.2) is 23.1 Å². The van der Waals surface area contributed by atoms with Gasteiger partial charge in [-0.1, -0.05) is 35.7 Å². The van der Waals surface area contributed by atoms with Crippen molar-refractivity contribution in [3.63, 3.8) is 0 Å². The molecule has 3 aromatic rings. The molecule has 0 amide bonds. The van der Waals surface area contributed by atoms with E-state index in [9.17, 15) is 0 Å². The summed E-state index contributed by atoms with van der Waals surface area (Å²) in [5, 5.41) is 5.01. The summed E-state index contributed by atoms with van der Waals surface area (Å²) in [6.45, 7) is 0. The van der Waals surface area contributed by atoms with E-state index in [1.165, 1.54) is 21.5 Å². The van der Waals surface area contributed by atoms with E-state index >= 15 is 0 Å². The number of fused-ring (bicyclic) bond motifs is 2. The molecular formula is C14H9ClMg. The van der Waals surface area contributed by atoms with Gasteiger partial charge in [0.15, 0.2) is 0 Å². The third kappa shape index (κ3) is 2.32. The SMILES string of the molecule is [Cl-].[Mg+2].[c-]1cccc2cc3ccccc3cc12. The Morgan fingerprint density at radius 3 is 2.12 bits per heavy atom. The second-order valence-corrected chi connectivity index (χ2v) is 3.46. The molecular weight excluding hydrogens is 228 g/mol. The minimum Gasteiger partial charge on any atom is -1.00 e. The molecule has 0 saturated carbocycles. The Balaban J connectivity index is 0.000000640. The van der Waals surface area contributed by atoms with Gasteiger partial charge in [-0.25, -0.2) is 0 Å². The standard InChI is InChI=1S/C14H9.ClH.Mg/c1-2-6-12-10-14-8-4-3-7-13(14)9-11(12)5-1;;/h1-7,9-10H;1H;/q-1;;+2/p-1. The van der Waals surface area contributed by atoms with Crippen molar-refractivity contribution < 1.29 is 12.4 Å². The molecule has 0 aromatic heterocycles. The number of benzene rings is 3. The Morgan fingerprint density at radius 1 is 0.750 bits per heavy atom. The van der Waals surface area contributed by atoms with Gasteiger partial charge in [-0.15, -0.1) is 41.1 Å². The van der Waals surface area contributed by atoms with Gasteiger partial charge >= 0.3 is 23.1 Å². The molecule has 0 radical (unpaired) electrons. The first-order valence-electron chi connectivity index (χ1n) is 4.73. The van der Waals surface area contributed by atoms with Gasteiger partial charge in [0, 0.05) is 0 Å². The van der Waals surface area contributed by atoms with Crippen LogP contribution in [0.25, 0.3) is 21.5 Å². The van der Waals surface area contributed by atoms with Gasteiger partial charge < -0.3 is 12.4 Å². The molecule has 0 spiro atoms. The van der Waals surface area contributed by atoms with Crippen molar-refractivity contribution in [2.75, 3.05) is 0 Å². The maximum absolute atomic E-state index is 3.24. The van der Waals surface area contributed by atoms with Gasteiger partial charge in [-0.05, 0) is 5.39 Å². The summed E-state index contributed by atoms with van der Waals surface area (Å²) < 4.78 is 0. The van der Waals surface area contributed by atoms with Crippen LogP contribution in [0.3, 0.4) is 0 Å². The molecule has 3 rings (SSSR count). The average Bonchev–Trinajstić information content (AvgIpc) is 2.26. The van der Waals surface area contributed by atoms with Gasteiger partial charge in [0.1, 0.15) is 0 Å². The molecule has 0 N–H and O–H groups in total. The van der Waals surface area contributed by atoms with Crippen molar-refractivity contribution in [2.45, 2.75) is 0 Å². The van der Waals surface area contributed by atoms with Gasteiger partial charge in [-0.2, -0.15) is 0 Å². The van der Waals surface area contributed by atoms with Gasteiger partial charge in [0.2, 0.25) is 0 Å².